The minimum Gasteiger partial charge on any atom is -0.353 e. The first-order valence-electron chi connectivity index (χ1n) is 8.49. The van der Waals surface area contributed by atoms with Crippen LogP contribution in [0.15, 0.2) is 17.7 Å². The number of hydrogen-bond acceptors (Lipinski definition) is 4. The van der Waals surface area contributed by atoms with E-state index >= 15 is 0 Å². The van der Waals surface area contributed by atoms with Crippen LogP contribution in [0.3, 0.4) is 0 Å². The van der Waals surface area contributed by atoms with E-state index in [2.05, 4.69) is 30.7 Å². The molecule has 0 atom stereocenters. The maximum Gasteiger partial charge on any atom is 0.249 e. The highest BCUT2D eigenvalue weighted by molar-refractivity contribution is 5.92. The van der Waals surface area contributed by atoms with Crippen molar-refractivity contribution in [3.63, 3.8) is 0 Å². The van der Waals surface area contributed by atoms with Crippen LogP contribution in [0.1, 0.15) is 51.6 Å². The Labute approximate surface area is 139 Å². The van der Waals surface area contributed by atoms with Gasteiger partial charge in [-0.15, -0.1) is 0 Å². The number of carbonyl (C=O) groups excluding carboxylic acids is 1. The maximum absolute atomic E-state index is 12.3. The van der Waals surface area contributed by atoms with Crippen LogP contribution < -0.4 is 4.90 Å². The minimum atomic E-state index is 0.160. The fourth-order valence-electron chi connectivity index (χ4n) is 2.78. The predicted molar refractivity (Wildman–Crippen MR) is 93.7 cm³/mol. The van der Waals surface area contributed by atoms with Gasteiger partial charge >= 0.3 is 0 Å². The summed E-state index contributed by atoms with van der Waals surface area (Å²) in [4.78, 5) is 25.7. The maximum atomic E-state index is 12.3. The van der Waals surface area contributed by atoms with Crippen LogP contribution in [0.25, 0.3) is 0 Å². The first-order valence-corrected chi connectivity index (χ1v) is 8.49. The van der Waals surface area contributed by atoms with Crippen LogP contribution in [-0.4, -0.2) is 47.0 Å². The molecule has 5 heteroatoms. The number of allylic oxidation sites excluding steroid dienone is 1. The SMILES string of the molecule is CC/C=C(/C)C(=O)N1CCN(c2cc(C)nc(C(C)C)n2)CC1. The molecule has 0 radical (unpaired) electrons. The molecule has 0 aliphatic carbocycles. The van der Waals surface area contributed by atoms with Gasteiger partial charge in [-0.2, -0.15) is 0 Å². The van der Waals surface area contributed by atoms with E-state index < -0.39 is 0 Å². The van der Waals surface area contributed by atoms with Crippen molar-refractivity contribution in [2.45, 2.75) is 47.0 Å². The molecule has 0 saturated carbocycles. The van der Waals surface area contributed by atoms with Crippen LogP contribution in [0.5, 0.6) is 0 Å². The quantitative estimate of drug-likeness (QED) is 0.802. The van der Waals surface area contributed by atoms with Crippen molar-refractivity contribution in [3.05, 3.63) is 29.2 Å². The molecule has 0 bridgehead atoms. The van der Waals surface area contributed by atoms with E-state index in [1.807, 2.05) is 30.9 Å². The molecule has 1 aromatic heterocycles. The fraction of sp³-hybridized carbons (Fsp3) is 0.611. The van der Waals surface area contributed by atoms with Crippen molar-refractivity contribution in [2.75, 3.05) is 31.1 Å². The topological polar surface area (TPSA) is 49.3 Å². The van der Waals surface area contributed by atoms with E-state index in [1.165, 1.54) is 0 Å². The molecular formula is C18H28N4O. The average molecular weight is 316 g/mol. The van der Waals surface area contributed by atoms with Crippen LogP contribution >= 0.6 is 0 Å². The van der Waals surface area contributed by atoms with Gasteiger partial charge in [-0.3, -0.25) is 4.79 Å². The van der Waals surface area contributed by atoms with Gasteiger partial charge in [0, 0.05) is 49.4 Å². The lowest BCUT2D eigenvalue weighted by atomic mass is 10.2. The van der Waals surface area contributed by atoms with Gasteiger partial charge in [0.1, 0.15) is 11.6 Å². The molecule has 0 spiro atoms. The lowest BCUT2D eigenvalue weighted by molar-refractivity contribution is -0.127. The molecule has 1 aromatic rings. The summed E-state index contributed by atoms with van der Waals surface area (Å²) in [5, 5.41) is 0. The summed E-state index contributed by atoms with van der Waals surface area (Å²) in [5.41, 5.74) is 1.85. The lowest BCUT2D eigenvalue weighted by Gasteiger charge is -2.35. The number of anilines is 1. The second kappa shape index (κ2) is 7.57. The average Bonchev–Trinajstić information content (AvgIpc) is 2.54. The molecule has 0 unspecified atom stereocenters. The van der Waals surface area contributed by atoms with Crippen molar-refractivity contribution in [3.8, 4) is 0 Å². The fourth-order valence-corrected chi connectivity index (χ4v) is 2.78. The van der Waals surface area contributed by atoms with Gasteiger partial charge in [0.25, 0.3) is 0 Å². The zero-order valence-corrected chi connectivity index (χ0v) is 15.0. The largest absolute Gasteiger partial charge is 0.353 e. The number of nitrogens with zero attached hydrogens (tertiary/aromatic N) is 4. The van der Waals surface area contributed by atoms with Gasteiger partial charge in [0.2, 0.25) is 5.91 Å². The molecule has 0 N–H and O–H groups in total. The Morgan fingerprint density at radius 3 is 2.48 bits per heavy atom. The second-order valence-electron chi connectivity index (χ2n) is 6.46. The zero-order chi connectivity index (χ0) is 17.0. The Kier molecular flexibility index (Phi) is 5.74. The molecule has 1 aliphatic heterocycles. The van der Waals surface area contributed by atoms with E-state index in [9.17, 15) is 4.79 Å². The van der Waals surface area contributed by atoms with Crippen molar-refractivity contribution in [2.24, 2.45) is 0 Å². The summed E-state index contributed by atoms with van der Waals surface area (Å²) >= 11 is 0. The number of carbonyl (C=O) groups is 1. The molecule has 23 heavy (non-hydrogen) atoms. The summed E-state index contributed by atoms with van der Waals surface area (Å²) in [5.74, 6) is 2.35. The van der Waals surface area contributed by atoms with Crippen molar-refractivity contribution in [1.29, 1.82) is 0 Å². The van der Waals surface area contributed by atoms with E-state index in [0.29, 0.717) is 5.92 Å². The standard InChI is InChI=1S/C18H28N4O/c1-6-7-14(4)18(23)22-10-8-21(9-11-22)16-12-15(5)19-17(20-16)13(2)3/h7,12-13H,6,8-11H2,1-5H3/b14-7-. The van der Waals surface area contributed by atoms with Gasteiger partial charge in [-0.05, 0) is 20.3 Å². The van der Waals surface area contributed by atoms with Crippen molar-refractivity contribution < 1.29 is 4.79 Å². The van der Waals surface area contributed by atoms with Crippen LogP contribution in [0.4, 0.5) is 5.82 Å². The Morgan fingerprint density at radius 1 is 1.26 bits per heavy atom. The molecule has 1 amide bonds. The Bertz CT molecular complexity index is 587. The third-order valence-corrected chi connectivity index (χ3v) is 4.11. The summed E-state index contributed by atoms with van der Waals surface area (Å²) < 4.78 is 0. The number of hydrogen-bond donors (Lipinski definition) is 0. The molecule has 1 aliphatic rings. The van der Waals surface area contributed by atoms with Gasteiger partial charge in [0.05, 0.1) is 0 Å². The molecule has 2 rings (SSSR count). The van der Waals surface area contributed by atoms with Gasteiger partial charge < -0.3 is 9.80 Å². The summed E-state index contributed by atoms with van der Waals surface area (Å²) in [6.45, 7) is 13.3. The molecule has 1 fully saturated rings. The normalized spacial score (nSPS) is 16.2. The minimum absolute atomic E-state index is 0.160. The first kappa shape index (κ1) is 17.4. The van der Waals surface area contributed by atoms with Crippen LogP contribution in [0, 0.1) is 6.92 Å². The summed E-state index contributed by atoms with van der Waals surface area (Å²) in [6.07, 6.45) is 2.90. The Morgan fingerprint density at radius 2 is 1.91 bits per heavy atom. The van der Waals surface area contributed by atoms with E-state index in [1.54, 1.807) is 0 Å². The van der Waals surface area contributed by atoms with E-state index in [0.717, 1.165) is 55.5 Å². The third-order valence-electron chi connectivity index (χ3n) is 4.11. The van der Waals surface area contributed by atoms with Gasteiger partial charge in [-0.1, -0.05) is 26.8 Å². The van der Waals surface area contributed by atoms with E-state index in [4.69, 9.17) is 4.98 Å². The molecule has 2 heterocycles. The third kappa shape index (κ3) is 4.30. The summed E-state index contributed by atoms with van der Waals surface area (Å²) in [6, 6.07) is 2.03. The second-order valence-corrected chi connectivity index (χ2v) is 6.46. The van der Waals surface area contributed by atoms with Crippen molar-refractivity contribution >= 4 is 11.7 Å². The number of piperazine rings is 1. The predicted octanol–water partition coefficient (Wildman–Crippen LogP) is 2.91. The number of rotatable bonds is 4. The van der Waals surface area contributed by atoms with Crippen LogP contribution in [0.2, 0.25) is 0 Å². The summed E-state index contributed by atoms with van der Waals surface area (Å²) in [7, 11) is 0. The molecule has 0 aromatic carbocycles. The smallest absolute Gasteiger partial charge is 0.249 e. The highest BCUT2D eigenvalue weighted by Gasteiger charge is 2.23. The first-order chi connectivity index (χ1) is 10.9. The number of aromatic nitrogens is 2. The molecule has 126 valence electrons. The molecule has 5 nitrogen and oxygen atoms in total. The zero-order valence-electron chi connectivity index (χ0n) is 15.0. The Balaban J connectivity index is 2.05. The van der Waals surface area contributed by atoms with Crippen LogP contribution in [-0.2, 0) is 4.79 Å². The highest BCUT2D eigenvalue weighted by atomic mass is 16.2. The van der Waals surface area contributed by atoms with Gasteiger partial charge in [0.15, 0.2) is 0 Å². The number of amides is 1. The van der Waals surface area contributed by atoms with Crippen molar-refractivity contribution in [1.82, 2.24) is 14.9 Å². The number of aryl methyl sites for hydroxylation is 1. The monoisotopic (exact) mass is 316 g/mol. The Hall–Kier alpha value is -1.91. The highest BCUT2D eigenvalue weighted by Crippen LogP contribution is 2.19. The van der Waals surface area contributed by atoms with E-state index in [-0.39, 0.29) is 5.91 Å². The van der Waals surface area contributed by atoms with Gasteiger partial charge in [-0.25, -0.2) is 9.97 Å². The molecule has 1 saturated heterocycles. The lowest BCUT2D eigenvalue weighted by Crippen LogP contribution is -2.49. The molecular weight excluding hydrogens is 288 g/mol.